The quantitative estimate of drug-likeness (QED) is 0.470. The number of rotatable bonds is 3. The summed E-state index contributed by atoms with van der Waals surface area (Å²) in [6, 6.07) is 13.6. The molecule has 0 bridgehead atoms. The van der Waals surface area contributed by atoms with Crippen LogP contribution in [0.5, 0.6) is 0 Å². The number of hydrogen-bond donors (Lipinski definition) is 0. The summed E-state index contributed by atoms with van der Waals surface area (Å²) in [6.45, 7) is 4.95. The minimum absolute atomic E-state index is 0.000410. The Kier molecular flexibility index (Phi) is 5.06. The maximum atomic E-state index is 13.6. The predicted octanol–water partition coefficient (Wildman–Crippen LogP) is 4.70. The second kappa shape index (κ2) is 7.89. The lowest BCUT2D eigenvalue weighted by atomic mass is 10.0. The van der Waals surface area contributed by atoms with Gasteiger partial charge in [0.15, 0.2) is 0 Å². The van der Waals surface area contributed by atoms with Crippen molar-refractivity contribution in [1.82, 2.24) is 19.4 Å². The average molecular weight is 433 g/mol. The van der Waals surface area contributed by atoms with Crippen LogP contribution in [0.15, 0.2) is 47.3 Å². The first-order valence-corrected chi connectivity index (χ1v) is 11.6. The van der Waals surface area contributed by atoms with Crippen molar-refractivity contribution in [2.45, 2.75) is 45.7 Å². The molecular weight excluding hydrogens is 408 g/mol. The Balaban J connectivity index is 1.53. The summed E-state index contributed by atoms with van der Waals surface area (Å²) < 4.78 is 2.86. The lowest BCUT2D eigenvalue weighted by Gasteiger charge is -2.34. The second-order valence-electron chi connectivity index (χ2n) is 7.98. The topological polar surface area (TPSA) is 68.1 Å². The van der Waals surface area contributed by atoms with E-state index in [0.29, 0.717) is 23.3 Å². The van der Waals surface area contributed by atoms with Crippen molar-refractivity contribution >= 4 is 38.5 Å². The number of fused-ring (bicyclic) bond motifs is 2. The lowest BCUT2D eigenvalue weighted by molar-refractivity contribution is 0.0611. The summed E-state index contributed by atoms with van der Waals surface area (Å²) in [7, 11) is 0. The van der Waals surface area contributed by atoms with Crippen molar-refractivity contribution < 1.29 is 4.79 Å². The number of hydrogen-bond acceptors (Lipinski definition) is 5. The van der Waals surface area contributed by atoms with Gasteiger partial charge in [0.05, 0.1) is 27.3 Å². The first-order chi connectivity index (χ1) is 15.1. The number of amides is 1. The second-order valence-corrected chi connectivity index (χ2v) is 9.04. The Hall–Kier alpha value is -3.06. The first-order valence-electron chi connectivity index (χ1n) is 10.7. The first kappa shape index (κ1) is 19.9. The van der Waals surface area contributed by atoms with Gasteiger partial charge in [-0.25, -0.2) is 9.97 Å². The molecular formula is C24H24N4O2S. The highest BCUT2D eigenvalue weighted by atomic mass is 32.1. The van der Waals surface area contributed by atoms with E-state index in [1.165, 1.54) is 0 Å². The summed E-state index contributed by atoms with van der Waals surface area (Å²) >= 11 is 1.68. The number of piperidine rings is 1. The van der Waals surface area contributed by atoms with E-state index in [9.17, 15) is 9.59 Å². The molecule has 158 valence electrons. The molecule has 1 fully saturated rings. The lowest BCUT2D eigenvalue weighted by Crippen LogP contribution is -2.38. The molecule has 31 heavy (non-hydrogen) atoms. The van der Waals surface area contributed by atoms with Crippen molar-refractivity contribution in [1.29, 1.82) is 0 Å². The van der Waals surface area contributed by atoms with Crippen LogP contribution >= 0.6 is 11.3 Å². The fraction of sp³-hybridized carbons (Fsp3) is 0.333. The van der Waals surface area contributed by atoms with E-state index in [1.807, 2.05) is 48.2 Å². The van der Waals surface area contributed by atoms with Gasteiger partial charge in [-0.15, -0.1) is 11.3 Å². The Morgan fingerprint density at radius 3 is 2.77 bits per heavy atom. The van der Waals surface area contributed by atoms with Gasteiger partial charge in [0, 0.05) is 18.7 Å². The Bertz CT molecular complexity index is 1320. The molecule has 7 heteroatoms. The summed E-state index contributed by atoms with van der Waals surface area (Å²) in [5.74, 6) is -0.000410. The summed E-state index contributed by atoms with van der Waals surface area (Å²) in [5, 5.41) is 1.00. The fourth-order valence-electron chi connectivity index (χ4n) is 4.45. The molecule has 1 aliphatic rings. The number of aryl methyl sites for hydroxylation is 2. The van der Waals surface area contributed by atoms with E-state index < -0.39 is 0 Å². The van der Waals surface area contributed by atoms with Crippen LogP contribution in [0.1, 0.15) is 53.3 Å². The van der Waals surface area contributed by atoms with Crippen molar-refractivity contribution in [3.63, 3.8) is 0 Å². The van der Waals surface area contributed by atoms with Gasteiger partial charge in [-0.2, -0.15) is 0 Å². The number of para-hydroxylation sites is 1. The summed E-state index contributed by atoms with van der Waals surface area (Å²) in [4.78, 5) is 37.2. The number of carbonyl (C=O) groups is 1. The third-order valence-corrected chi connectivity index (χ3v) is 7.17. The van der Waals surface area contributed by atoms with E-state index in [-0.39, 0.29) is 17.5 Å². The van der Waals surface area contributed by atoms with Crippen LogP contribution in [-0.2, 0) is 6.54 Å². The molecule has 2 aromatic carbocycles. The van der Waals surface area contributed by atoms with Gasteiger partial charge in [-0.1, -0.05) is 12.1 Å². The smallest absolute Gasteiger partial charge is 0.272 e. The van der Waals surface area contributed by atoms with Crippen molar-refractivity contribution in [2.24, 2.45) is 0 Å². The number of nitrogens with zero attached hydrogens (tertiary/aromatic N) is 4. The van der Waals surface area contributed by atoms with Crippen LogP contribution in [0.25, 0.3) is 21.3 Å². The Labute approximate surface area is 184 Å². The zero-order valence-electron chi connectivity index (χ0n) is 17.7. The van der Waals surface area contributed by atoms with Gasteiger partial charge in [0.25, 0.3) is 11.5 Å². The average Bonchev–Trinajstić information content (AvgIpc) is 3.23. The van der Waals surface area contributed by atoms with E-state index in [0.717, 1.165) is 46.5 Å². The van der Waals surface area contributed by atoms with Crippen LogP contribution < -0.4 is 5.56 Å². The molecule has 2 aromatic heterocycles. The minimum Gasteiger partial charge on any atom is -0.329 e. The van der Waals surface area contributed by atoms with Gasteiger partial charge in [-0.05, 0) is 63.4 Å². The molecule has 6 nitrogen and oxygen atoms in total. The van der Waals surface area contributed by atoms with Gasteiger partial charge in [0.2, 0.25) is 0 Å². The summed E-state index contributed by atoms with van der Waals surface area (Å²) in [5.41, 5.74) is 3.40. The van der Waals surface area contributed by atoms with Crippen LogP contribution in [0.2, 0.25) is 0 Å². The van der Waals surface area contributed by atoms with Crippen LogP contribution in [0.3, 0.4) is 0 Å². The molecule has 1 amide bonds. The fourth-order valence-corrected chi connectivity index (χ4v) is 5.57. The highest BCUT2D eigenvalue weighted by Crippen LogP contribution is 2.36. The van der Waals surface area contributed by atoms with Crippen molar-refractivity contribution in [3.05, 3.63) is 69.1 Å². The van der Waals surface area contributed by atoms with Crippen LogP contribution in [0, 0.1) is 6.92 Å². The van der Waals surface area contributed by atoms with Gasteiger partial charge in [0.1, 0.15) is 10.7 Å². The minimum atomic E-state index is -0.0824. The summed E-state index contributed by atoms with van der Waals surface area (Å²) in [6.07, 6.45) is 3.00. The molecule has 3 heterocycles. The molecule has 1 atom stereocenters. The zero-order chi connectivity index (χ0) is 21.5. The number of carbonyl (C=O) groups excluding carboxylic acids is 1. The molecule has 0 spiro atoms. The highest BCUT2D eigenvalue weighted by Gasteiger charge is 2.31. The number of likely N-dealkylation sites (tertiary alicyclic amines) is 1. The number of thiazole rings is 1. The largest absolute Gasteiger partial charge is 0.329 e. The Morgan fingerprint density at radius 2 is 1.97 bits per heavy atom. The van der Waals surface area contributed by atoms with Crippen LogP contribution in [0.4, 0.5) is 0 Å². The molecule has 0 unspecified atom stereocenters. The maximum absolute atomic E-state index is 13.6. The third-order valence-electron chi connectivity index (χ3n) is 6.03. The molecule has 5 rings (SSSR count). The number of benzene rings is 2. The van der Waals surface area contributed by atoms with Gasteiger partial charge in [-0.3, -0.25) is 9.59 Å². The van der Waals surface area contributed by atoms with E-state index in [2.05, 4.69) is 11.1 Å². The number of aromatic nitrogens is 3. The molecule has 1 aliphatic heterocycles. The normalized spacial score (nSPS) is 16.8. The molecule has 0 radical (unpaired) electrons. The van der Waals surface area contributed by atoms with Gasteiger partial charge >= 0.3 is 0 Å². The third kappa shape index (κ3) is 3.43. The molecule has 0 aliphatic carbocycles. The molecule has 0 N–H and O–H groups in total. The monoisotopic (exact) mass is 432 g/mol. The molecule has 1 saturated heterocycles. The Morgan fingerprint density at radius 1 is 1.13 bits per heavy atom. The zero-order valence-corrected chi connectivity index (χ0v) is 18.5. The van der Waals surface area contributed by atoms with Crippen molar-refractivity contribution in [2.75, 3.05) is 6.54 Å². The highest BCUT2D eigenvalue weighted by molar-refractivity contribution is 7.18. The molecule has 4 aromatic rings. The van der Waals surface area contributed by atoms with E-state index in [4.69, 9.17) is 4.98 Å². The van der Waals surface area contributed by atoms with E-state index in [1.54, 1.807) is 22.8 Å². The SMILES string of the molecule is CCn1c(=O)c(C)nc2cc(C(=O)N3CCCC[C@@H]3c3nc4ccccc4s3)ccc21. The standard InChI is InChI=1S/C24H24N4O2S/c1-3-27-19-12-11-16(14-18(19)25-15(2)23(27)29)24(30)28-13-7-6-9-20(28)22-26-17-8-4-5-10-21(17)31-22/h4-5,8,10-12,14,20H,3,6-7,9,13H2,1-2H3/t20-/m1/s1. The van der Waals surface area contributed by atoms with E-state index >= 15 is 0 Å². The predicted molar refractivity (Wildman–Crippen MR) is 124 cm³/mol. The van der Waals surface area contributed by atoms with Crippen LogP contribution in [-0.4, -0.2) is 31.9 Å². The molecule has 0 saturated carbocycles. The van der Waals surface area contributed by atoms with Crippen molar-refractivity contribution in [3.8, 4) is 0 Å². The maximum Gasteiger partial charge on any atom is 0.272 e. The van der Waals surface area contributed by atoms with Gasteiger partial charge < -0.3 is 9.47 Å².